The minimum Gasteiger partial charge on any atom is -0.339 e. The fourth-order valence-electron chi connectivity index (χ4n) is 3.18. The Morgan fingerprint density at radius 1 is 0.947 bits per heavy atom. The zero-order chi connectivity index (χ0) is 11.7. The predicted octanol–water partition coefficient (Wildman–Crippen LogP) is 1.28. The van der Waals surface area contributed by atoms with Crippen molar-refractivity contribution in [3.8, 4) is 0 Å². The van der Waals surface area contributed by atoms with Gasteiger partial charge in [-0.3, -0.25) is 9.69 Å². The van der Waals surface area contributed by atoms with E-state index in [-0.39, 0.29) is 30.9 Å². The van der Waals surface area contributed by atoms with Gasteiger partial charge < -0.3 is 10.2 Å². The van der Waals surface area contributed by atoms with Crippen molar-refractivity contribution >= 4 is 30.7 Å². The number of rotatable bonds is 2. The van der Waals surface area contributed by atoms with Crippen molar-refractivity contribution in [2.75, 3.05) is 32.7 Å². The maximum Gasteiger partial charge on any atom is 0.239 e. The predicted molar refractivity (Wildman–Crippen MR) is 81.3 cm³/mol. The van der Waals surface area contributed by atoms with E-state index in [1.54, 1.807) is 0 Å². The van der Waals surface area contributed by atoms with E-state index in [0.29, 0.717) is 5.91 Å². The Balaban J connectivity index is 0.000000902. The van der Waals surface area contributed by atoms with Crippen molar-refractivity contribution in [1.29, 1.82) is 0 Å². The molecule has 4 nitrogen and oxygen atoms in total. The number of piperazine rings is 1. The van der Waals surface area contributed by atoms with Crippen molar-refractivity contribution in [2.24, 2.45) is 0 Å². The molecule has 3 aliphatic rings. The molecule has 0 aromatic rings. The molecular formula is C13H25Cl2N3O. The number of hydrogen-bond acceptors (Lipinski definition) is 3. The molecule has 0 spiro atoms. The van der Waals surface area contributed by atoms with E-state index >= 15 is 0 Å². The van der Waals surface area contributed by atoms with E-state index < -0.39 is 0 Å². The third-order valence-corrected chi connectivity index (χ3v) is 4.58. The summed E-state index contributed by atoms with van der Waals surface area (Å²) in [5.74, 6) is 0.343. The highest BCUT2D eigenvalue weighted by atomic mass is 35.5. The molecule has 0 radical (unpaired) electrons. The monoisotopic (exact) mass is 309 g/mol. The molecular weight excluding hydrogens is 285 g/mol. The molecule has 3 fully saturated rings. The molecule has 2 aliphatic heterocycles. The second kappa shape index (κ2) is 7.67. The van der Waals surface area contributed by atoms with Crippen molar-refractivity contribution in [1.82, 2.24) is 15.1 Å². The van der Waals surface area contributed by atoms with Crippen LogP contribution < -0.4 is 5.32 Å². The number of carbonyl (C=O) groups excluding carboxylic acids is 1. The van der Waals surface area contributed by atoms with E-state index in [0.717, 1.165) is 51.6 Å². The van der Waals surface area contributed by atoms with Crippen LogP contribution in [0.25, 0.3) is 0 Å². The molecule has 19 heavy (non-hydrogen) atoms. The highest BCUT2D eigenvalue weighted by Gasteiger charge is 2.32. The molecule has 2 heterocycles. The van der Waals surface area contributed by atoms with Crippen LogP contribution in [-0.2, 0) is 4.79 Å². The summed E-state index contributed by atoms with van der Waals surface area (Å²) in [4.78, 5) is 16.9. The summed E-state index contributed by atoms with van der Waals surface area (Å²) in [5, 5.41) is 3.31. The van der Waals surface area contributed by atoms with Crippen LogP contribution in [0.1, 0.15) is 32.1 Å². The highest BCUT2D eigenvalue weighted by molar-refractivity contribution is 5.85. The van der Waals surface area contributed by atoms with Crippen LogP contribution in [0.3, 0.4) is 0 Å². The van der Waals surface area contributed by atoms with Crippen molar-refractivity contribution in [2.45, 2.75) is 44.2 Å². The molecule has 1 amide bonds. The topological polar surface area (TPSA) is 35.6 Å². The number of halogens is 2. The minimum atomic E-state index is 0. The minimum absolute atomic E-state index is 0. The molecule has 1 saturated carbocycles. The first-order valence-corrected chi connectivity index (χ1v) is 7.11. The molecule has 0 aromatic carbocycles. The van der Waals surface area contributed by atoms with Gasteiger partial charge >= 0.3 is 0 Å². The van der Waals surface area contributed by atoms with Gasteiger partial charge in [0, 0.05) is 32.2 Å². The van der Waals surface area contributed by atoms with Crippen molar-refractivity contribution in [3.05, 3.63) is 0 Å². The lowest BCUT2D eigenvalue weighted by Crippen LogP contribution is -2.56. The molecule has 112 valence electrons. The third kappa shape index (κ3) is 3.75. The Kier molecular flexibility index (Phi) is 6.87. The SMILES string of the molecule is Cl.Cl.O=C(C1CCCN1)N1CCN(C2CCC2)CC1. The fraction of sp³-hybridized carbons (Fsp3) is 0.923. The number of amides is 1. The molecule has 3 rings (SSSR count). The lowest BCUT2D eigenvalue weighted by molar-refractivity contribution is -0.135. The molecule has 6 heteroatoms. The van der Waals surface area contributed by atoms with Gasteiger partial charge in [-0.05, 0) is 32.2 Å². The summed E-state index contributed by atoms with van der Waals surface area (Å²) >= 11 is 0. The largest absolute Gasteiger partial charge is 0.339 e. The van der Waals surface area contributed by atoms with Gasteiger partial charge in [0.1, 0.15) is 0 Å². The standard InChI is InChI=1S/C13H23N3O.2ClH/c17-13(12-5-2-6-14-12)16-9-7-15(8-10-16)11-3-1-4-11;;/h11-12,14H,1-10H2;2*1H. The van der Waals surface area contributed by atoms with E-state index in [9.17, 15) is 4.79 Å². The first kappa shape index (κ1) is 17.0. The number of carbonyl (C=O) groups is 1. The maximum atomic E-state index is 12.2. The van der Waals surface area contributed by atoms with E-state index in [1.165, 1.54) is 19.3 Å². The van der Waals surface area contributed by atoms with Gasteiger partial charge in [0.05, 0.1) is 6.04 Å². The van der Waals surface area contributed by atoms with Gasteiger partial charge in [0.2, 0.25) is 5.91 Å². The zero-order valence-corrected chi connectivity index (χ0v) is 13.0. The average molecular weight is 310 g/mol. The second-order valence-corrected chi connectivity index (χ2v) is 5.59. The van der Waals surface area contributed by atoms with Crippen molar-refractivity contribution < 1.29 is 4.79 Å². The quantitative estimate of drug-likeness (QED) is 0.834. The highest BCUT2D eigenvalue weighted by Crippen LogP contribution is 2.25. The van der Waals surface area contributed by atoms with Crippen LogP contribution in [0.2, 0.25) is 0 Å². The molecule has 1 N–H and O–H groups in total. The van der Waals surface area contributed by atoms with Gasteiger partial charge in [0.15, 0.2) is 0 Å². The Bertz CT molecular complexity index is 286. The first-order chi connectivity index (χ1) is 8.34. The Hall–Kier alpha value is -0.0300. The Labute approximate surface area is 128 Å². The van der Waals surface area contributed by atoms with Crippen LogP contribution in [-0.4, -0.2) is 60.5 Å². The fourth-order valence-corrected chi connectivity index (χ4v) is 3.18. The summed E-state index contributed by atoms with van der Waals surface area (Å²) in [6.07, 6.45) is 6.33. The van der Waals surface area contributed by atoms with Crippen molar-refractivity contribution in [3.63, 3.8) is 0 Å². The third-order valence-electron chi connectivity index (χ3n) is 4.58. The summed E-state index contributed by atoms with van der Waals surface area (Å²) < 4.78 is 0. The van der Waals surface area contributed by atoms with Gasteiger partial charge in [-0.2, -0.15) is 0 Å². The summed E-state index contributed by atoms with van der Waals surface area (Å²) in [7, 11) is 0. The molecule has 0 bridgehead atoms. The summed E-state index contributed by atoms with van der Waals surface area (Å²) in [5.41, 5.74) is 0. The smallest absolute Gasteiger partial charge is 0.239 e. The average Bonchev–Trinajstić information content (AvgIpc) is 2.80. The van der Waals surface area contributed by atoms with Gasteiger partial charge in [-0.1, -0.05) is 6.42 Å². The van der Waals surface area contributed by atoms with Crippen LogP contribution >= 0.6 is 24.8 Å². The van der Waals surface area contributed by atoms with Crippen LogP contribution in [0.15, 0.2) is 0 Å². The molecule has 1 aliphatic carbocycles. The lowest BCUT2D eigenvalue weighted by Gasteiger charge is -2.43. The maximum absolute atomic E-state index is 12.2. The molecule has 2 saturated heterocycles. The summed E-state index contributed by atoms with van der Waals surface area (Å²) in [6.45, 7) is 5.06. The van der Waals surface area contributed by atoms with Gasteiger partial charge in [-0.25, -0.2) is 0 Å². The molecule has 1 atom stereocenters. The van der Waals surface area contributed by atoms with Gasteiger partial charge in [0.25, 0.3) is 0 Å². The Morgan fingerprint density at radius 3 is 2.11 bits per heavy atom. The molecule has 1 unspecified atom stereocenters. The number of nitrogens with zero attached hydrogens (tertiary/aromatic N) is 2. The number of nitrogens with one attached hydrogen (secondary N) is 1. The first-order valence-electron chi connectivity index (χ1n) is 7.11. The van der Waals surface area contributed by atoms with Gasteiger partial charge in [-0.15, -0.1) is 24.8 Å². The van der Waals surface area contributed by atoms with Crippen LogP contribution in [0.5, 0.6) is 0 Å². The van der Waals surface area contributed by atoms with E-state index in [4.69, 9.17) is 0 Å². The second-order valence-electron chi connectivity index (χ2n) is 5.59. The van der Waals surface area contributed by atoms with Crippen LogP contribution in [0, 0.1) is 0 Å². The van der Waals surface area contributed by atoms with E-state index in [1.807, 2.05) is 0 Å². The zero-order valence-electron chi connectivity index (χ0n) is 11.3. The Morgan fingerprint density at radius 2 is 1.63 bits per heavy atom. The lowest BCUT2D eigenvalue weighted by atomic mass is 9.91. The number of hydrogen-bond donors (Lipinski definition) is 1. The summed E-state index contributed by atoms with van der Waals surface area (Å²) in [6, 6.07) is 0.946. The molecule has 0 aromatic heterocycles. The van der Waals surface area contributed by atoms with E-state index in [2.05, 4.69) is 15.1 Å². The normalized spacial score (nSPS) is 28.2. The van der Waals surface area contributed by atoms with Crippen LogP contribution in [0.4, 0.5) is 0 Å².